The zero-order valence-corrected chi connectivity index (χ0v) is 8.55. The zero-order valence-electron chi connectivity index (χ0n) is 8.55. The molecule has 0 aromatic rings. The van der Waals surface area contributed by atoms with Gasteiger partial charge in [-0.15, -0.1) is 0 Å². The van der Waals surface area contributed by atoms with E-state index in [9.17, 15) is 4.79 Å². The molecule has 0 saturated carbocycles. The summed E-state index contributed by atoms with van der Waals surface area (Å²) < 4.78 is 0. The average molecular weight is 182 g/mol. The van der Waals surface area contributed by atoms with Crippen LogP contribution in [0, 0.1) is 5.41 Å². The van der Waals surface area contributed by atoms with Gasteiger partial charge in [-0.1, -0.05) is 6.92 Å². The summed E-state index contributed by atoms with van der Waals surface area (Å²) in [7, 11) is 1.92. The number of rotatable bonds is 1. The average Bonchev–Trinajstić information content (AvgIpc) is 2.67. The Morgan fingerprint density at radius 1 is 1.38 bits per heavy atom. The molecule has 1 spiro atoms. The van der Waals surface area contributed by atoms with Gasteiger partial charge in [0.1, 0.15) is 0 Å². The standard InChI is InChI=1S/C10H18N2O/c1-3-12-7-5-10(8-12)4-6-11(2)9(10)13/h3-8H2,1-2H3/t10-/m0/s1. The molecule has 2 rings (SSSR count). The van der Waals surface area contributed by atoms with Crippen LogP contribution >= 0.6 is 0 Å². The lowest BCUT2D eigenvalue weighted by molar-refractivity contribution is -0.134. The molecule has 2 aliphatic rings. The Kier molecular flexibility index (Phi) is 2.06. The predicted octanol–water partition coefficient (Wildman–Crippen LogP) is 0.560. The molecular weight excluding hydrogens is 164 g/mol. The van der Waals surface area contributed by atoms with Crippen molar-refractivity contribution in [1.82, 2.24) is 9.80 Å². The third kappa shape index (κ3) is 1.26. The van der Waals surface area contributed by atoms with Crippen molar-refractivity contribution in [3.05, 3.63) is 0 Å². The lowest BCUT2D eigenvalue weighted by Gasteiger charge is -2.21. The van der Waals surface area contributed by atoms with E-state index in [0.29, 0.717) is 5.91 Å². The van der Waals surface area contributed by atoms with Gasteiger partial charge in [-0.05, 0) is 25.9 Å². The highest BCUT2D eigenvalue weighted by atomic mass is 16.2. The van der Waals surface area contributed by atoms with Gasteiger partial charge < -0.3 is 9.80 Å². The molecule has 0 radical (unpaired) electrons. The van der Waals surface area contributed by atoms with Gasteiger partial charge in [-0.2, -0.15) is 0 Å². The Bertz CT molecular complexity index is 229. The molecule has 1 atom stereocenters. The molecular formula is C10H18N2O. The van der Waals surface area contributed by atoms with Crippen LogP contribution < -0.4 is 0 Å². The third-order valence-corrected chi connectivity index (χ3v) is 3.61. The van der Waals surface area contributed by atoms with Gasteiger partial charge in [-0.3, -0.25) is 4.79 Å². The third-order valence-electron chi connectivity index (χ3n) is 3.61. The van der Waals surface area contributed by atoms with E-state index in [2.05, 4.69) is 11.8 Å². The number of hydrogen-bond donors (Lipinski definition) is 0. The minimum Gasteiger partial charge on any atom is -0.345 e. The predicted molar refractivity (Wildman–Crippen MR) is 51.4 cm³/mol. The fourth-order valence-electron chi connectivity index (χ4n) is 2.60. The van der Waals surface area contributed by atoms with Gasteiger partial charge in [0.2, 0.25) is 5.91 Å². The summed E-state index contributed by atoms with van der Waals surface area (Å²) in [4.78, 5) is 16.2. The summed E-state index contributed by atoms with van der Waals surface area (Å²) in [5.41, 5.74) is 0.00472. The monoisotopic (exact) mass is 182 g/mol. The normalized spacial score (nSPS) is 35.2. The fourth-order valence-corrected chi connectivity index (χ4v) is 2.60. The molecule has 74 valence electrons. The minimum absolute atomic E-state index is 0.00472. The first-order valence-corrected chi connectivity index (χ1v) is 5.16. The summed E-state index contributed by atoms with van der Waals surface area (Å²) in [5.74, 6) is 0.378. The van der Waals surface area contributed by atoms with Gasteiger partial charge in [0.05, 0.1) is 5.41 Å². The van der Waals surface area contributed by atoms with Crippen LogP contribution in [0.15, 0.2) is 0 Å². The summed E-state index contributed by atoms with van der Waals surface area (Å²) >= 11 is 0. The van der Waals surface area contributed by atoms with E-state index in [4.69, 9.17) is 0 Å². The van der Waals surface area contributed by atoms with E-state index < -0.39 is 0 Å². The van der Waals surface area contributed by atoms with E-state index in [1.54, 1.807) is 0 Å². The van der Waals surface area contributed by atoms with Crippen molar-refractivity contribution in [3.8, 4) is 0 Å². The van der Waals surface area contributed by atoms with Gasteiger partial charge in [0.25, 0.3) is 0 Å². The molecule has 0 N–H and O–H groups in total. The lowest BCUT2D eigenvalue weighted by Crippen LogP contribution is -2.35. The number of carbonyl (C=O) groups excluding carboxylic acids is 1. The van der Waals surface area contributed by atoms with E-state index in [1.165, 1.54) is 0 Å². The second-order valence-corrected chi connectivity index (χ2v) is 4.38. The first kappa shape index (κ1) is 9.00. The van der Waals surface area contributed by atoms with Crippen LogP contribution in [-0.2, 0) is 4.79 Å². The van der Waals surface area contributed by atoms with Crippen molar-refractivity contribution in [2.75, 3.05) is 33.2 Å². The van der Waals surface area contributed by atoms with E-state index in [-0.39, 0.29) is 5.41 Å². The first-order valence-electron chi connectivity index (χ1n) is 5.16. The highest BCUT2D eigenvalue weighted by Gasteiger charge is 2.49. The summed E-state index contributed by atoms with van der Waals surface area (Å²) in [6, 6.07) is 0. The molecule has 2 fully saturated rings. The maximum atomic E-state index is 11.9. The number of likely N-dealkylation sites (tertiary alicyclic amines) is 2. The van der Waals surface area contributed by atoms with E-state index in [1.807, 2.05) is 11.9 Å². The highest BCUT2D eigenvalue weighted by Crippen LogP contribution is 2.39. The van der Waals surface area contributed by atoms with Gasteiger partial charge in [0.15, 0.2) is 0 Å². The largest absolute Gasteiger partial charge is 0.345 e. The molecule has 3 heteroatoms. The zero-order chi connectivity index (χ0) is 9.47. The van der Waals surface area contributed by atoms with Crippen LogP contribution in [0.4, 0.5) is 0 Å². The maximum Gasteiger partial charge on any atom is 0.229 e. The van der Waals surface area contributed by atoms with Crippen molar-refractivity contribution in [3.63, 3.8) is 0 Å². The number of hydrogen-bond acceptors (Lipinski definition) is 2. The minimum atomic E-state index is 0.00472. The molecule has 0 unspecified atom stereocenters. The second kappa shape index (κ2) is 2.98. The van der Waals surface area contributed by atoms with Crippen LogP contribution in [0.3, 0.4) is 0 Å². The topological polar surface area (TPSA) is 23.6 Å². The van der Waals surface area contributed by atoms with Gasteiger partial charge >= 0.3 is 0 Å². The molecule has 2 aliphatic heterocycles. The van der Waals surface area contributed by atoms with Crippen molar-refractivity contribution in [2.45, 2.75) is 19.8 Å². The van der Waals surface area contributed by atoms with Crippen molar-refractivity contribution in [1.29, 1.82) is 0 Å². The lowest BCUT2D eigenvalue weighted by atomic mass is 9.86. The Balaban J connectivity index is 2.11. The molecule has 0 aliphatic carbocycles. The molecule has 3 nitrogen and oxygen atoms in total. The van der Waals surface area contributed by atoms with Gasteiger partial charge in [-0.25, -0.2) is 0 Å². The van der Waals surface area contributed by atoms with Crippen LogP contribution in [0.2, 0.25) is 0 Å². The quantitative estimate of drug-likeness (QED) is 0.591. The molecule has 0 aromatic carbocycles. The molecule has 2 heterocycles. The molecule has 1 amide bonds. The smallest absolute Gasteiger partial charge is 0.229 e. The first-order chi connectivity index (χ1) is 6.18. The van der Waals surface area contributed by atoms with Crippen LogP contribution in [-0.4, -0.2) is 48.9 Å². The Morgan fingerprint density at radius 2 is 2.08 bits per heavy atom. The summed E-state index contributed by atoms with van der Waals surface area (Å²) in [6.07, 6.45) is 2.14. The van der Waals surface area contributed by atoms with Crippen LogP contribution in [0.1, 0.15) is 19.8 Å². The number of carbonyl (C=O) groups is 1. The molecule has 13 heavy (non-hydrogen) atoms. The Morgan fingerprint density at radius 3 is 2.54 bits per heavy atom. The number of nitrogens with zero attached hydrogens (tertiary/aromatic N) is 2. The van der Waals surface area contributed by atoms with E-state index >= 15 is 0 Å². The summed E-state index contributed by atoms with van der Waals surface area (Å²) in [6.45, 7) is 6.31. The number of amides is 1. The second-order valence-electron chi connectivity index (χ2n) is 4.38. The van der Waals surface area contributed by atoms with Crippen LogP contribution in [0.5, 0.6) is 0 Å². The van der Waals surface area contributed by atoms with Crippen molar-refractivity contribution >= 4 is 5.91 Å². The SMILES string of the molecule is CCN1CC[C@@]2(CCN(C)C2=O)C1. The highest BCUT2D eigenvalue weighted by molar-refractivity contribution is 5.85. The Hall–Kier alpha value is -0.570. The molecule has 2 saturated heterocycles. The fraction of sp³-hybridized carbons (Fsp3) is 0.900. The van der Waals surface area contributed by atoms with Crippen molar-refractivity contribution < 1.29 is 4.79 Å². The molecule has 0 bridgehead atoms. The summed E-state index contributed by atoms with van der Waals surface area (Å²) in [5, 5.41) is 0. The van der Waals surface area contributed by atoms with Crippen molar-refractivity contribution in [2.24, 2.45) is 5.41 Å². The molecule has 0 aromatic heterocycles. The Labute approximate surface area is 79.7 Å². The van der Waals surface area contributed by atoms with E-state index in [0.717, 1.165) is 39.0 Å². The van der Waals surface area contributed by atoms with Gasteiger partial charge in [0, 0.05) is 20.1 Å². The van der Waals surface area contributed by atoms with Crippen LogP contribution in [0.25, 0.3) is 0 Å². The maximum absolute atomic E-state index is 11.9.